The van der Waals surface area contributed by atoms with Crippen molar-refractivity contribution in [1.29, 1.82) is 0 Å². The average molecular weight is 565 g/mol. The Morgan fingerprint density at radius 3 is 2.46 bits per heavy atom. The smallest absolute Gasteiger partial charge is 0.345 e. The van der Waals surface area contributed by atoms with E-state index in [-0.39, 0.29) is 16.5 Å². The maximum Gasteiger partial charge on any atom is 0.345 e. The third-order valence-corrected chi connectivity index (χ3v) is 10.6. The van der Waals surface area contributed by atoms with Crippen molar-refractivity contribution < 1.29 is 4.42 Å². The van der Waals surface area contributed by atoms with Gasteiger partial charge < -0.3 is 9.32 Å². The molecule has 212 valence electrons. The van der Waals surface area contributed by atoms with Crippen molar-refractivity contribution in [2.75, 3.05) is 18.0 Å². The molecule has 1 aliphatic carbocycles. The molecule has 3 aromatic carbocycles. The second-order valence-corrected chi connectivity index (χ2v) is 14.2. The molecule has 1 fully saturated rings. The van der Waals surface area contributed by atoms with Crippen LogP contribution in [0.2, 0.25) is 0 Å². The number of rotatable bonds is 3. The van der Waals surface area contributed by atoms with E-state index >= 15 is 0 Å². The van der Waals surface area contributed by atoms with E-state index in [2.05, 4.69) is 56.9 Å². The van der Waals surface area contributed by atoms with Gasteiger partial charge in [-0.05, 0) is 71.1 Å². The molecule has 0 unspecified atom stereocenters. The standard InChI is InChI=1S/C36H40N2O2S/c1-35(2)16-18-38-19-17-36(3,4)30-32(38)27(35)20-25-29(23-11-6-5-7-12-23)26(34(39)40-33(25)30)21-37-31-24-13-9-8-10-22(24)14-15-28(31)41/h8-10,13-15,20-21,23,41H,5-7,11-12,16-19H2,1-4H3. The molecule has 0 bridgehead atoms. The third kappa shape index (κ3) is 4.34. The van der Waals surface area contributed by atoms with Crippen LogP contribution in [0.4, 0.5) is 11.4 Å². The highest BCUT2D eigenvalue weighted by molar-refractivity contribution is 7.80. The lowest BCUT2D eigenvalue weighted by atomic mass is 9.68. The van der Waals surface area contributed by atoms with Gasteiger partial charge in [0, 0.05) is 46.2 Å². The number of anilines is 1. The molecule has 3 aliphatic rings. The maximum absolute atomic E-state index is 14.0. The quantitative estimate of drug-likeness (QED) is 0.153. The van der Waals surface area contributed by atoms with Crippen molar-refractivity contribution in [2.45, 2.75) is 94.3 Å². The van der Waals surface area contributed by atoms with E-state index < -0.39 is 0 Å². The Morgan fingerprint density at radius 2 is 1.68 bits per heavy atom. The first-order valence-electron chi connectivity index (χ1n) is 15.3. The van der Waals surface area contributed by atoms with Gasteiger partial charge in [-0.25, -0.2) is 4.79 Å². The molecule has 0 N–H and O–H groups in total. The van der Waals surface area contributed by atoms with E-state index in [0.717, 1.165) is 76.7 Å². The highest BCUT2D eigenvalue weighted by atomic mass is 32.1. The van der Waals surface area contributed by atoms with Crippen LogP contribution < -0.4 is 10.5 Å². The lowest BCUT2D eigenvalue weighted by Crippen LogP contribution is -2.45. The lowest BCUT2D eigenvalue weighted by molar-refractivity contribution is 0.397. The fraction of sp³-hybridized carbons (Fsp3) is 0.444. The first kappa shape index (κ1) is 26.8. The number of hydrogen-bond acceptors (Lipinski definition) is 5. The highest BCUT2D eigenvalue weighted by Gasteiger charge is 2.42. The summed E-state index contributed by atoms with van der Waals surface area (Å²) < 4.78 is 6.41. The highest BCUT2D eigenvalue weighted by Crippen LogP contribution is 2.53. The summed E-state index contributed by atoms with van der Waals surface area (Å²) in [5.41, 5.74) is 7.00. The molecule has 4 nitrogen and oxygen atoms in total. The second kappa shape index (κ2) is 9.76. The molecule has 0 amide bonds. The number of thiol groups is 1. The summed E-state index contributed by atoms with van der Waals surface area (Å²) in [5, 5.41) is 3.26. The molecule has 1 aromatic heterocycles. The van der Waals surface area contributed by atoms with Crippen LogP contribution >= 0.6 is 12.6 Å². The summed E-state index contributed by atoms with van der Waals surface area (Å²) in [7, 11) is 0. The zero-order chi connectivity index (χ0) is 28.5. The Kier molecular flexibility index (Phi) is 6.39. The summed E-state index contributed by atoms with van der Waals surface area (Å²) in [6, 6.07) is 14.7. The number of benzene rings is 3. The van der Waals surface area contributed by atoms with Gasteiger partial charge in [0.05, 0.1) is 11.3 Å². The molecular formula is C36H40N2O2S. The van der Waals surface area contributed by atoms with Crippen LogP contribution in [0.5, 0.6) is 0 Å². The summed E-state index contributed by atoms with van der Waals surface area (Å²) in [4.78, 5) is 22.4. The minimum atomic E-state index is -0.276. The molecule has 7 rings (SSSR count). The minimum absolute atomic E-state index is 0.0559. The van der Waals surface area contributed by atoms with Crippen molar-refractivity contribution in [2.24, 2.45) is 4.99 Å². The van der Waals surface area contributed by atoms with E-state index in [1.807, 2.05) is 18.2 Å². The molecule has 1 saturated carbocycles. The van der Waals surface area contributed by atoms with Crippen LogP contribution in [0.1, 0.15) is 101 Å². The average Bonchev–Trinajstić information content (AvgIpc) is 2.95. The van der Waals surface area contributed by atoms with Crippen molar-refractivity contribution in [3.8, 4) is 0 Å². The largest absolute Gasteiger partial charge is 0.422 e. The normalized spacial score (nSPS) is 20.2. The van der Waals surface area contributed by atoms with Gasteiger partial charge in [-0.15, -0.1) is 12.6 Å². The van der Waals surface area contributed by atoms with E-state index in [1.54, 1.807) is 6.21 Å². The molecule has 4 aromatic rings. The Bertz CT molecular complexity index is 1770. The fourth-order valence-electron chi connectivity index (χ4n) is 7.72. The summed E-state index contributed by atoms with van der Waals surface area (Å²) in [6.45, 7) is 11.5. The van der Waals surface area contributed by atoms with E-state index in [4.69, 9.17) is 22.0 Å². The van der Waals surface area contributed by atoms with Crippen LogP contribution in [0.15, 0.2) is 61.6 Å². The van der Waals surface area contributed by atoms with Gasteiger partial charge in [-0.3, -0.25) is 4.99 Å². The van der Waals surface area contributed by atoms with Crippen LogP contribution in [0.3, 0.4) is 0 Å². The molecule has 0 atom stereocenters. The number of fused-ring (bicyclic) bond motifs is 3. The Labute approximate surface area is 248 Å². The van der Waals surface area contributed by atoms with Crippen LogP contribution in [0.25, 0.3) is 21.7 Å². The maximum atomic E-state index is 14.0. The van der Waals surface area contributed by atoms with Crippen molar-refractivity contribution >= 4 is 52.0 Å². The molecule has 5 heteroatoms. The van der Waals surface area contributed by atoms with Crippen LogP contribution in [0, 0.1) is 0 Å². The summed E-state index contributed by atoms with van der Waals surface area (Å²) in [6.07, 6.45) is 9.79. The van der Waals surface area contributed by atoms with Crippen molar-refractivity contribution in [3.05, 3.63) is 75.1 Å². The molecule has 2 aliphatic heterocycles. The van der Waals surface area contributed by atoms with Gasteiger partial charge in [0.15, 0.2) is 0 Å². The molecular weight excluding hydrogens is 524 g/mol. The van der Waals surface area contributed by atoms with Gasteiger partial charge in [0.2, 0.25) is 0 Å². The van der Waals surface area contributed by atoms with E-state index in [1.165, 1.54) is 36.1 Å². The summed E-state index contributed by atoms with van der Waals surface area (Å²) >= 11 is 4.75. The minimum Gasteiger partial charge on any atom is -0.422 e. The predicted molar refractivity (Wildman–Crippen MR) is 174 cm³/mol. The number of hydrogen-bond donors (Lipinski definition) is 1. The van der Waals surface area contributed by atoms with Gasteiger partial charge in [0.25, 0.3) is 0 Å². The van der Waals surface area contributed by atoms with E-state index in [9.17, 15) is 4.79 Å². The first-order chi connectivity index (χ1) is 19.7. The van der Waals surface area contributed by atoms with Crippen LogP contribution in [-0.4, -0.2) is 19.3 Å². The fourth-order valence-corrected chi connectivity index (χ4v) is 7.97. The van der Waals surface area contributed by atoms with Gasteiger partial charge in [-0.1, -0.05) is 77.3 Å². The van der Waals surface area contributed by atoms with Gasteiger partial charge in [-0.2, -0.15) is 0 Å². The molecule has 3 heterocycles. The molecule has 0 spiro atoms. The van der Waals surface area contributed by atoms with E-state index in [0.29, 0.717) is 11.5 Å². The van der Waals surface area contributed by atoms with Gasteiger partial charge in [0.1, 0.15) is 5.58 Å². The molecule has 0 radical (unpaired) electrons. The van der Waals surface area contributed by atoms with Crippen molar-refractivity contribution in [3.63, 3.8) is 0 Å². The SMILES string of the molecule is CC1(C)CCN2CCC(C)(C)c3c2c1cc1c(C2CCCCC2)c(C=Nc2c(S)ccc4ccccc24)c(=O)oc31. The topological polar surface area (TPSA) is 45.8 Å². The Hall–Kier alpha value is -3.05. The Morgan fingerprint density at radius 1 is 0.951 bits per heavy atom. The second-order valence-electron chi connectivity index (χ2n) is 13.7. The predicted octanol–water partition coefficient (Wildman–Crippen LogP) is 9.20. The Balaban J connectivity index is 1.54. The van der Waals surface area contributed by atoms with Crippen LogP contribution in [-0.2, 0) is 10.8 Å². The number of nitrogens with zero attached hydrogens (tertiary/aromatic N) is 2. The first-order valence-corrected chi connectivity index (χ1v) is 15.8. The monoisotopic (exact) mass is 564 g/mol. The van der Waals surface area contributed by atoms with Gasteiger partial charge >= 0.3 is 5.63 Å². The molecule has 41 heavy (non-hydrogen) atoms. The lowest BCUT2D eigenvalue weighted by Gasteiger charge is -2.48. The summed E-state index contributed by atoms with van der Waals surface area (Å²) in [5.74, 6) is 0.319. The zero-order valence-corrected chi connectivity index (χ0v) is 25.6. The third-order valence-electron chi connectivity index (χ3n) is 10.2. The molecule has 0 saturated heterocycles. The zero-order valence-electron chi connectivity index (χ0n) is 24.7. The number of aliphatic imine (C=N–C) groups is 1. The van der Waals surface area contributed by atoms with Crippen molar-refractivity contribution in [1.82, 2.24) is 0 Å².